The van der Waals surface area contributed by atoms with E-state index in [1.807, 2.05) is 30.4 Å². The summed E-state index contributed by atoms with van der Waals surface area (Å²) in [7, 11) is 1.70. The van der Waals surface area contributed by atoms with Crippen molar-refractivity contribution >= 4 is 23.4 Å². The Kier molecular flexibility index (Phi) is 4.84. The van der Waals surface area contributed by atoms with Gasteiger partial charge >= 0.3 is 0 Å². The monoisotopic (exact) mass is 394 g/mol. The van der Waals surface area contributed by atoms with Gasteiger partial charge in [0.15, 0.2) is 0 Å². The molecule has 5 nitrogen and oxygen atoms in total. The molecule has 0 radical (unpaired) electrons. The number of hydrogen-bond donors (Lipinski definition) is 1. The Labute approximate surface area is 167 Å². The van der Waals surface area contributed by atoms with Crippen LogP contribution in [0.3, 0.4) is 0 Å². The van der Waals surface area contributed by atoms with Crippen LogP contribution in [0, 0.1) is 0 Å². The number of halogens is 1. The zero-order valence-corrected chi connectivity index (χ0v) is 16.1. The zero-order chi connectivity index (χ0) is 19.7. The van der Waals surface area contributed by atoms with Crippen molar-refractivity contribution in [2.45, 2.75) is 6.42 Å². The third kappa shape index (κ3) is 3.62. The molecule has 28 heavy (non-hydrogen) atoms. The summed E-state index contributed by atoms with van der Waals surface area (Å²) in [5, 5.41) is 0.586. The molecule has 0 fully saturated rings. The van der Waals surface area contributed by atoms with Crippen LogP contribution in [0.25, 0.3) is 17.2 Å². The molecule has 0 unspecified atom stereocenters. The largest absolute Gasteiger partial charge is 0.492 e. The average Bonchev–Trinajstić information content (AvgIpc) is 2.66. The van der Waals surface area contributed by atoms with Gasteiger partial charge in [-0.15, -0.1) is 0 Å². The predicted octanol–water partition coefficient (Wildman–Crippen LogP) is 4.88. The van der Waals surface area contributed by atoms with Crippen LogP contribution in [0.5, 0.6) is 17.2 Å². The Morgan fingerprint density at radius 2 is 1.89 bits per heavy atom. The molecule has 4 rings (SSSR count). The fraction of sp³-hybridized carbons (Fsp3) is 0.136. The smallest absolute Gasteiger partial charge is 0.254 e. The summed E-state index contributed by atoms with van der Waals surface area (Å²) in [6, 6.07) is 12.4. The van der Waals surface area contributed by atoms with Crippen molar-refractivity contribution in [1.29, 1.82) is 0 Å². The fourth-order valence-corrected chi connectivity index (χ4v) is 3.24. The first-order chi connectivity index (χ1) is 13.5. The minimum Gasteiger partial charge on any atom is -0.492 e. The lowest BCUT2D eigenvalue weighted by atomic mass is 10.0. The lowest BCUT2D eigenvalue weighted by Gasteiger charge is -2.18. The van der Waals surface area contributed by atoms with Crippen molar-refractivity contribution in [3.05, 3.63) is 75.7 Å². The van der Waals surface area contributed by atoms with Gasteiger partial charge in [0.2, 0.25) is 0 Å². The Bertz CT molecular complexity index is 1140. The molecule has 6 heteroatoms. The van der Waals surface area contributed by atoms with Crippen LogP contribution >= 0.6 is 11.6 Å². The maximum absolute atomic E-state index is 12.1. The number of nitrogens with two attached hydrogens (primary N) is 1. The number of pyridine rings is 1. The summed E-state index contributed by atoms with van der Waals surface area (Å²) < 4.78 is 13.7. The van der Waals surface area contributed by atoms with E-state index in [2.05, 4.69) is 0 Å². The normalized spacial score (nSPS) is 14.2. The molecule has 0 spiro atoms. The summed E-state index contributed by atoms with van der Waals surface area (Å²) in [5.41, 5.74) is 8.86. The topological polar surface area (TPSA) is 66.5 Å². The second kappa shape index (κ2) is 7.44. The van der Waals surface area contributed by atoms with Gasteiger partial charge in [-0.25, -0.2) is 0 Å². The van der Waals surface area contributed by atoms with Crippen molar-refractivity contribution in [2.75, 3.05) is 12.3 Å². The number of nitrogens with zero attached hydrogens (tertiary/aromatic N) is 1. The van der Waals surface area contributed by atoms with Gasteiger partial charge in [0.25, 0.3) is 5.56 Å². The lowest BCUT2D eigenvalue weighted by molar-refractivity contribution is 0.325. The number of ether oxygens (including phenoxy) is 2. The number of aryl methyl sites for hydroxylation is 1. The molecule has 0 atom stereocenters. The SMILES string of the molecule is Cn1cc2c(cc1=O)OCC/C=C/c1ccc(Cl)cc1Oc1ccc(N)cc1-2. The minimum atomic E-state index is -0.148. The van der Waals surface area contributed by atoms with Gasteiger partial charge in [-0.3, -0.25) is 4.79 Å². The molecule has 0 saturated heterocycles. The Hall–Kier alpha value is -3.18. The first-order valence-electron chi connectivity index (χ1n) is 8.88. The van der Waals surface area contributed by atoms with Crippen LogP contribution < -0.4 is 20.8 Å². The molecule has 2 aromatic carbocycles. The van der Waals surface area contributed by atoms with Gasteiger partial charge in [-0.1, -0.05) is 23.8 Å². The van der Waals surface area contributed by atoms with Gasteiger partial charge in [0.1, 0.15) is 17.2 Å². The second-order valence-electron chi connectivity index (χ2n) is 6.58. The Balaban J connectivity index is 1.96. The van der Waals surface area contributed by atoms with E-state index in [0.29, 0.717) is 41.0 Å². The van der Waals surface area contributed by atoms with Crippen molar-refractivity contribution < 1.29 is 9.47 Å². The van der Waals surface area contributed by atoms with Crippen molar-refractivity contribution in [2.24, 2.45) is 7.05 Å². The standard InChI is InChI=1S/C22H19ClN2O3/c1-25-13-18-17-11-16(24)7-8-19(17)28-20-10-15(23)6-5-14(20)4-2-3-9-27-21(18)12-22(25)26/h2,4-8,10-13H,3,9,24H2,1H3/b4-2+. The molecule has 1 aromatic heterocycles. The molecule has 0 saturated carbocycles. The number of nitrogen functional groups attached to an aromatic ring is 1. The third-order valence-corrected chi connectivity index (χ3v) is 4.75. The second-order valence-corrected chi connectivity index (χ2v) is 7.02. The zero-order valence-electron chi connectivity index (χ0n) is 15.3. The van der Waals surface area contributed by atoms with E-state index in [1.54, 1.807) is 31.4 Å². The molecule has 2 heterocycles. The fourth-order valence-electron chi connectivity index (χ4n) is 3.08. The quantitative estimate of drug-likeness (QED) is 0.552. The van der Waals surface area contributed by atoms with Crippen LogP contribution in [0.15, 0.2) is 59.5 Å². The Morgan fingerprint density at radius 1 is 1.04 bits per heavy atom. The van der Waals surface area contributed by atoms with Crippen LogP contribution in [0.4, 0.5) is 5.69 Å². The summed E-state index contributed by atoms with van der Waals surface area (Å²) in [4.78, 5) is 12.1. The third-order valence-electron chi connectivity index (χ3n) is 4.52. The first-order valence-corrected chi connectivity index (χ1v) is 9.26. The van der Waals surface area contributed by atoms with Crippen molar-refractivity contribution in [1.82, 2.24) is 4.57 Å². The van der Waals surface area contributed by atoms with Gasteiger partial charge < -0.3 is 19.8 Å². The number of fused-ring (bicyclic) bond motifs is 4. The molecule has 3 aromatic rings. The van der Waals surface area contributed by atoms with Crippen molar-refractivity contribution in [3.8, 4) is 28.4 Å². The van der Waals surface area contributed by atoms with E-state index in [4.69, 9.17) is 26.8 Å². The molecule has 0 bridgehead atoms. The maximum Gasteiger partial charge on any atom is 0.254 e. The molecular weight excluding hydrogens is 376 g/mol. The summed E-state index contributed by atoms with van der Waals surface area (Å²) in [6.07, 6.45) is 6.39. The number of rotatable bonds is 0. The number of anilines is 1. The van der Waals surface area contributed by atoms with Crippen LogP contribution in [0.1, 0.15) is 12.0 Å². The summed E-state index contributed by atoms with van der Waals surface area (Å²) in [6.45, 7) is 0.443. The highest BCUT2D eigenvalue weighted by atomic mass is 35.5. The summed E-state index contributed by atoms with van der Waals surface area (Å²) in [5.74, 6) is 1.73. The number of hydrogen-bond acceptors (Lipinski definition) is 4. The van der Waals surface area contributed by atoms with Crippen molar-refractivity contribution in [3.63, 3.8) is 0 Å². The molecular formula is C22H19ClN2O3. The highest BCUT2D eigenvalue weighted by molar-refractivity contribution is 6.30. The van der Waals surface area contributed by atoms with Crippen LogP contribution in [-0.4, -0.2) is 11.2 Å². The lowest BCUT2D eigenvalue weighted by Crippen LogP contribution is -2.16. The molecule has 0 aliphatic carbocycles. The van der Waals surface area contributed by atoms with E-state index in [0.717, 1.165) is 16.7 Å². The first kappa shape index (κ1) is 18.2. The van der Waals surface area contributed by atoms with Gasteiger partial charge in [-0.05, 0) is 36.8 Å². The maximum atomic E-state index is 12.1. The molecule has 1 aliphatic heterocycles. The van der Waals surface area contributed by atoms with E-state index < -0.39 is 0 Å². The minimum absolute atomic E-state index is 0.148. The van der Waals surface area contributed by atoms with E-state index in [9.17, 15) is 4.79 Å². The van der Waals surface area contributed by atoms with Gasteiger partial charge in [0, 0.05) is 52.8 Å². The molecule has 2 N–H and O–H groups in total. The molecule has 1 aliphatic rings. The number of aromatic nitrogens is 1. The Morgan fingerprint density at radius 3 is 2.75 bits per heavy atom. The van der Waals surface area contributed by atoms with Crippen LogP contribution in [0.2, 0.25) is 5.02 Å². The van der Waals surface area contributed by atoms with E-state index >= 15 is 0 Å². The molecule has 0 amide bonds. The van der Waals surface area contributed by atoms with E-state index in [1.165, 1.54) is 10.6 Å². The highest BCUT2D eigenvalue weighted by Gasteiger charge is 2.17. The van der Waals surface area contributed by atoms with Gasteiger partial charge in [-0.2, -0.15) is 0 Å². The highest BCUT2D eigenvalue weighted by Crippen LogP contribution is 2.40. The summed E-state index contributed by atoms with van der Waals surface area (Å²) >= 11 is 6.19. The van der Waals surface area contributed by atoms with Crippen LogP contribution in [-0.2, 0) is 7.05 Å². The van der Waals surface area contributed by atoms with E-state index in [-0.39, 0.29) is 5.56 Å². The number of benzene rings is 2. The predicted molar refractivity (Wildman–Crippen MR) is 112 cm³/mol. The average molecular weight is 395 g/mol. The van der Waals surface area contributed by atoms with Gasteiger partial charge in [0.05, 0.1) is 6.61 Å². The molecule has 142 valence electrons.